The van der Waals surface area contributed by atoms with Crippen LogP contribution in [0.25, 0.3) is 0 Å². The molecule has 0 saturated carbocycles. The molecule has 0 unspecified atom stereocenters. The summed E-state index contributed by atoms with van der Waals surface area (Å²) in [5.74, 6) is -0.209. The summed E-state index contributed by atoms with van der Waals surface area (Å²) in [6.07, 6.45) is 1.92. The van der Waals surface area contributed by atoms with Gasteiger partial charge in [0.2, 0.25) is 15.9 Å². The molecule has 1 aromatic rings. The van der Waals surface area contributed by atoms with Crippen molar-refractivity contribution in [2.24, 2.45) is 0 Å². The standard InChI is InChI=1S/C14H18N2O3S/c1-2-20(18,19)15-13(12-8-4-3-5-9-12)14(17)16-10-6-7-11-16/h2-5,8-9,13,15H,1,6-7,10-11H2/t13-/m1/s1. The second kappa shape index (κ2) is 6.19. The summed E-state index contributed by atoms with van der Waals surface area (Å²) < 4.78 is 25.8. The fourth-order valence-corrected chi connectivity index (χ4v) is 2.90. The molecule has 1 saturated heterocycles. The molecule has 20 heavy (non-hydrogen) atoms. The average Bonchev–Trinajstić information content (AvgIpc) is 2.99. The van der Waals surface area contributed by atoms with E-state index in [0.29, 0.717) is 18.7 Å². The third-order valence-electron chi connectivity index (χ3n) is 3.30. The Morgan fingerprint density at radius 1 is 1.25 bits per heavy atom. The van der Waals surface area contributed by atoms with Gasteiger partial charge in [0.05, 0.1) is 0 Å². The molecular weight excluding hydrogens is 276 g/mol. The number of nitrogens with one attached hydrogen (secondary N) is 1. The monoisotopic (exact) mass is 294 g/mol. The molecule has 5 nitrogen and oxygen atoms in total. The molecule has 1 aromatic carbocycles. The lowest BCUT2D eigenvalue weighted by Crippen LogP contribution is -2.41. The number of rotatable bonds is 5. The van der Waals surface area contributed by atoms with Gasteiger partial charge in [-0.25, -0.2) is 8.42 Å². The van der Waals surface area contributed by atoms with Crippen molar-refractivity contribution < 1.29 is 13.2 Å². The van der Waals surface area contributed by atoms with Gasteiger partial charge in [0.1, 0.15) is 6.04 Å². The maximum Gasteiger partial charge on any atom is 0.245 e. The van der Waals surface area contributed by atoms with Gasteiger partial charge in [-0.15, -0.1) is 0 Å². The minimum Gasteiger partial charge on any atom is -0.341 e. The SMILES string of the molecule is C=CS(=O)(=O)N[C@@H](C(=O)N1CCCC1)c1ccccc1. The Balaban J connectivity index is 2.28. The highest BCUT2D eigenvalue weighted by atomic mass is 32.2. The van der Waals surface area contributed by atoms with Gasteiger partial charge >= 0.3 is 0 Å². The van der Waals surface area contributed by atoms with Gasteiger partial charge in [0.25, 0.3) is 0 Å². The van der Waals surface area contributed by atoms with Crippen LogP contribution in [0.1, 0.15) is 24.4 Å². The molecular formula is C14H18N2O3S. The molecule has 0 radical (unpaired) electrons. The van der Waals surface area contributed by atoms with Crippen LogP contribution in [0, 0.1) is 0 Å². The molecule has 1 N–H and O–H groups in total. The molecule has 6 heteroatoms. The van der Waals surface area contributed by atoms with E-state index in [1.54, 1.807) is 29.2 Å². The van der Waals surface area contributed by atoms with Gasteiger partial charge in [-0.05, 0) is 18.4 Å². The van der Waals surface area contributed by atoms with Crippen molar-refractivity contribution in [3.8, 4) is 0 Å². The molecule has 0 bridgehead atoms. The molecule has 1 amide bonds. The molecule has 1 fully saturated rings. The van der Waals surface area contributed by atoms with Crippen LogP contribution in [-0.4, -0.2) is 32.3 Å². The number of carbonyl (C=O) groups is 1. The van der Waals surface area contributed by atoms with Gasteiger partial charge in [-0.2, -0.15) is 4.72 Å². The fraction of sp³-hybridized carbons (Fsp3) is 0.357. The van der Waals surface area contributed by atoms with Crippen LogP contribution in [0.5, 0.6) is 0 Å². The third kappa shape index (κ3) is 3.46. The van der Waals surface area contributed by atoms with Crippen molar-refractivity contribution in [1.82, 2.24) is 9.62 Å². The summed E-state index contributed by atoms with van der Waals surface area (Å²) in [7, 11) is -3.68. The van der Waals surface area contributed by atoms with Gasteiger partial charge in [0.15, 0.2) is 0 Å². The molecule has 1 aliphatic heterocycles. The van der Waals surface area contributed by atoms with Crippen molar-refractivity contribution in [2.45, 2.75) is 18.9 Å². The number of hydrogen-bond donors (Lipinski definition) is 1. The van der Waals surface area contributed by atoms with Crippen LogP contribution in [-0.2, 0) is 14.8 Å². The van der Waals surface area contributed by atoms with Crippen molar-refractivity contribution in [3.05, 3.63) is 47.9 Å². The lowest BCUT2D eigenvalue weighted by molar-refractivity contribution is -0.132. The Morgan fingerprint density at radius 3 is 2.40 bits per heavy atom. The number of carbonyl (C=O) groups excluding carboxylic acids is 1. The zero-order valence-corrected chi connectivity index (χ0v) is 12.0. The lowest BCUT2D eigenvalue weighted by atomic mass is 10.1. The summed E-state index contributed by atoms with van der Waals surface area (Å²) in [5.41, 5.74) is 0.634. The van der Waals surface area contributed by atoms with E-state index < -0.39 is 16.1 Å². The van der Waals surface area contributed by atoms with E-state index in [-0.39, 0.29) is 5.91 Å². The van der Waals surface area contributed by atoms with Crippen molar-refractivity contribution in [2.75, 3.05) is 13.1 Å². The van der Waals surface area contributed by atoms with Crippen LogP contribution in [0.3, 0.4) is 0 Å². The molecule has 1 heterocycles. The molecule has 1 atom stereocenters. The normalized spacial score (nSPS) is 16.9. The van der Waals surface area contributed by atoms with E-state index in [0.717, 1.165) is 18.2 Å². The van der Waals surface area contributed by atoms with Gasteiger partial charge in [-0.1, -0.05) is 36.9 Å². The predicted molar refractivity (Wildman–Crippen MR) is 77.2 cm³/mol. The topological polar surface area (TPSA) is 66.5 Å². The first-order chi connectivity index (χ1) is 9.53. The summed E-state index contributed by atoms with van der Waals surface area (Å²) >= 11 is 0. The number of hydrogen-bond acceptors (Lipinski definition) is 3. The van der Waals surface area contributed by atoms with Crippen LogP contribution in [0.2, 0.25) is 0 Å². The van der Waals surface area contributed by atoms with E-state index in [2.05, 4.69) is 11.3 Å². The van der Waals surface area contributed by atoms with Crippen molar-refractivity contribution >= 4 is 15.9 Å². The molecule has 2 rings (SSSR count). The smallest absolute Gasteiger partial charge is 0.245 e. The number of amides is 1. The highest BCUT2D eigenvalue weighted by Crippen LogP contribution is 2.20. The Morgan fingerprint density at radius 2 is 1.85 bits per heavy atom. The van der Waals surface area contributed by atoms with Crippen molar-refractivity contribution in [3.63, 3.8) is 0 Å². The summed E-state index contributed by atoms with van der Waals surface area (Å²) in [6, 6.07) is 7.97. The van der Waals surface area contributed by atoms with E-state index >= 15 is 0 Å². The molecule has 0 spiro atoms. The minimum atomic E-state index is -3.68. The predicted octanol–water partition coefficient (Wildman–Crippen LogP) is 1.41. The van der Waals surface area contributed by atoms with E-state index in [1.807, 2.05) is 6.07 Å². The van der Waals surface area contributed by atoms with Crippen LogP contribution < -0.4 is 4.72 Å². The molecule has 0 aliphatic carbocycles. The average molecular weight is 294 g/mol. The third-order valence-corrected chi connectivity index (χ3v) is 4.30. The van der Waals surface area contributed by atoms with E-state index in [9.17, 15) is 13.2 Å². The Labute approximate surface area is 119 Å². The number of nitrogens with zero attached hydrogens (tertiary/aromatic N) is 1. The van der Waals surface area contributed by atoms with Gasteiger partial charge in [0, 0.05) is 18.5 Å². The van der Waals surface area contributed by atoms with Crippen LogP contribution in [0.15, 0.2) is 42.3 Å². The molecule has 108 valence electrons. The zero-order chi connectivity index (χ0) is 14.6. The number of sulfonamides is 1. The first-order valence-corrected chi connectivity index (χ1v) is 8.06. The van der Waals surface area contributed by atoms with Crippen LogP contribution in [0.4, 0.5) is 0 Å². The van der Waals surface area contributed by atoms with Crippen LogP contribution >= 0.6 is 0 Å². The van der Waals surface area contributed by atoms with Gasteiger partial charge < -0.3 is 4.90 Å². The molecule has 1 aliphatic rings. The second-order valence-corrected chi connectivity index (χ2v) is 6.36. The Hall–Kier alpha value is -1.66. The second-order valence-electron chi connectivity index (χ2n) is 4.71. The minimum absolute atomic E-state index is 0.209. The van der Waals surface area contributed by atoms with Crippen molar-refractivity contribution in [1.29, 1.82) is 0 Å². The first-order valence-electron chi connectivity index (χ1n) is 6.52. The number of likely N-dealkylation sites (tertiary alicyclic amines) is 1. The summed E-state index contributed by atoms with van der Waals surface area (Å²) in [5, 5.41) is 0.820. The summed E-state index contributed by atoms with van der Waals surface area (Å²) in [4.78, 5) is 14.2. The van der Waals surface area contributed by atoms with E-state index in [4.69, 9.17) is 0 Å². The maximum atomic E-state index is 12.5. The van der Waals surface area contributed by atoms with Gasteiger partial charge in [-0.3, -0.25) is 4.79 Å². The van der Waals surface area contributed by atoms with E-state index in [1.165, 1.54) is 0 Å². The number of benzene rings is 1. The quantitative estimate of drug-likeness (QED) is 0.893. The first kappa shape index (κ1) is 14.7. The lowest BCUT2D eigenvalue weighted by Gasteiger charge is -2.23. The molecule has 0 aromatic heterocycles. The largest absolute Gasteiger partial charge is 0.341 e. The maximum absolute atomic E-state index is 12.5. The fourth-order valence-electron chi connectivity index (χ4n) is 2.24. The highest BCUT2D eigenvalue weighted by Gasteiger charge is 2.30. The Bertz CT molecular complexity index is 578. The zero-order valence-electron chi connectivity index (χ0n) is 11.2. The highest BCUT2D eigenvalue weighted by molar-refractivity contribution is 7.92. The summed E-state index contributed by atoms with van der Waals surface area (Å²) in [6.45, 7) is 4.62. The Kier molecular flexibility index (Phi) is 4.57.